The second-order valence-corrected chi connectivity index (χ2v) is 8.99. The van der Waals surface area contributed by atoms with Gasteiger partial charge in [-0.15, -0.1) is 12.4 Å². The van der Waals surface area contributed by atoms with Gasteiger partial charge in [0.1, 0.15) is 0 Å². The molecule has 1 atom stereocenters. The predicted octanol–water partition coefficient (Wildman–Crippen LogP) is 3.27. The lowest BCUT2D eigenvalue weighted by atomic mass is 9.81. The quantitative estimate of drug-likeness (QED) is 0.802. The maximum absolute atomic E-state index is 12.7. The van der Waals surface area contributed by atoms with E-state index < -0.39 is 10.0 Å². The minimum Gasteiger partial charge on any atom is -0.327 e. The maximum Gasteiger partial charge on any atom is 0.244 e. The van der Waals surface area contributed by atoms with Gasteiger partial charge in [0.25, 0.3) is 0 Å². The summed E-state index contributed by atoms with van der Waals surface area (Å²) < 4.78 is 27.4. The van der Waals surface area contributed by atoms with Gasteiger partial charge in [-0.25, -0.2) is 8.42 Å². The SMILES string of the molecule is CC1(C)CN(S(=O)(=O)c2ccc(Cl)cc2Br)CCC1N.Cl. The van der Waals surface area contributed by atoms with Crippen molar-refractivity contribution in [3.8, 4) is 0 Å². The van der Waals surface area contributed by atoms with Crippen molar-refractivity contribution in [1.29, 1.82) is 0 Å². The van der Waals surface area contributed by atoms with Crippen molar-refractivity contribution in [3.05, 3.63) is 27.7 Å². The first-order valence-corrected chi connectivity index (χ1v) is 8.96. The number of sulfonamides is 1. The highest BCUT2D eigenvalue weighted by Crippen LogP contribution is 2.34. The number of piperidine rings is 1. The number of rotatable bonds is 2. The van der Waals surface area contributed by atoms with E-state index in [1.54, 1.807) is 12.1 Å². The van der Waals surface area contributed by atoms with Crippen molar-refractivity contribution in [2.24, 2.45) is 11.1 Å². The summed E-state index contributed by atoms with van der Waals surface area (Å²) >= 11 is 9.14. The molecule has 1 aliphatic heterocycles. The molecule has 2 N–H and O–H groups in total. The number of halogens is 3. The smallest absolute Gasteiger partial charge is 0.244 e. The average Bonchev–Trinajstić information content (AvgIpc) is 2.31. The van der Waals surface area contributed by atoms with Crippen LogP contribution in [-0.2, 0) is 10.0 Å². The fraction of sp³-hybridized carbons (Fsp3) is 0.538. The molecule has 1 aliphatic rings. The van der Waals surface area contributed by atoms with Crippen LogP contribution in [0.5, 0.6) is 0 Å². The Morgan fingerprint density at radius 2 is 2.05 bits per heavy atom. The number of nitrogens with two attached hydrogens (primary N) is 1. The topological polar surface area (TPSA) is 63.4 Å². The first-order chi connectivity index (χ1) is 9.14. The van der Waals surface area contributed by atoms with Crippen LogP contribution in [0.15, 0.2) is 27.6 Å². The predicted molar refractivity (Wildman–Crippen MR) is 91.5 cm³/mol. The molecule has 0 bridgehead atoms. The van der Waals surface area contributed by atoms with E-state index in [9.17, 15) is 8.42 Å². The average molecular weight is 418 g/mol. The van der Waals surface area contributed by atoms with Crippen molar-refractivity contribution < 1.29 is 8.42 Å². The van der Waals surface area contributed by atoms with Crippen LogP contribution < -0.4 is 5.73 Å². The molecule has 1 fully saturated rings. The van der Waals surface area contributed by atoms with Crippen LogP contribution in [-0.4, -0.2) is 31.9 Å². The Balaban J connectivity index is 0.00000220. The van der Waals surface area contributed by atoms with E-state index in [4.69, 9.17) is 17.3 Å². The van der Waals surface area contributed by atoms with Gasteiger partial charge in [0.05, 0.1) is 4.90 Å². The molecule has 1 saturated heterocycles. The van der Waals surface area contributed by atoms with Crippen molar-refractivity contribution in [1.82, 2.24) is 4.31 Å². The second kappa shape index (κ2) is 6.72. The van der Waals surface area contributed by atoms with Gasteiger partial charge >= 0.3 is 0 Å². The lowest BCUT2D eigenvalue weighted by Crippen LogP contribution is -2.53. The molecular formula is C13H19BrCl2N2O2S. The Bertz CT molecular complexity index is 623. The van der Waals surface area contributed by atoms with Crippen LogP contribution in [0.2, 0.25) is 5.02 Å². The van der Waals surface area contributed by atoms with Crippen LogP contribution >= 0.6 is 39.9 Å². The Kier molecular flexibility index (Phi) is 6.15. The summed E-state index contributed by atoms with van der Waals surface area (Å²) in [6.45, 7) is 4.86. The largest absolute Gasteiger partial charge is 0.327 e. The number of hydrogen-bond donors (Lipinski definition) is 1. The first kappa shape index (κ1) is 19.2. The highest BCUT2D eigenvalue weighted by Gasteiger charge is 2.39. The van der Waals surface area contributed by atoms with Gasteiger partial charge in [-0.3, -0.25) is 0 Å². The summed E-state index contributed by atoms with van der Waals surface area (Å²) in [4.78, 5) is 0.244. The van der Waals surface area contributed by atoms with E-state index in [0.29, 0.717) is 29.0 Å². The van der Waals surface area contributed by atoms with E-state index in [1.165, 1.54) is 10.4 Å². The fourth-order valence-electron chi connectivity index (χ4n) is 2.35. The molecule has 1 aromatic rings. The Labute approximate surface area is 145 Å². The summed E-state index contributed by atoms with van der Waals surface area (Å²) in [5, 5.41) is 0.497. The van der Waals surface area contributed by atoms with E-state index in [2.05, 4.69) is 15.9 Å². The van der Waals surface area contributed by atoms with Crippen LogP contribution in [0.4, 0.5) is 0 Å². The molecular weight excluding hydrogens is 399 g/mol. The van der Waals surface area contributed by atoms with Gasteiger partial charge in [-0.2, -0.15) is 4.31 Å². The third-order valence-corrected chi connectivity index (χ3v) is 6.85. The Morgan fingerprint density at radius 1 is 1.43 bits per heavy atom. The van der Waals surface area contributed by atoms with Crippen LogP contribution in [0.1, 0.15) is 20.3 Å². The first-order valence-electron chi connectivity index (χ1n) is 6.35. The van der Waals surface area contributed by atoms with Crippen LogP contribution in [0, 0.1) is 5.41 Å². The zero-order valence-electron chi connectivity index (χ0n) is 11.8. The van der Waals surface area contributed by atoms with Gasteiger partial charge in [-0.05, 0) is 46.0 Å². The molecule has 0 saturated carbocycles. The third-order valence-electron chi connectivity index (χ3n) is 3.79. The highest BCUT2D eigenvalue weighted by atomic mass is 79.9. The van der Waals surface area contributed by atoms with Crippen molar-refractivity contribution in [3.63, 3.8) is 0 Å². The number of benzene rings is 1. The standard InChI is InChI=1S/C13H18BrClN2O2S.ClH/c1-13(2)8-17(6-5-12(13)16)20(18,19)11-4-3-9(15)7-10(11)14;/h3-4,7,12H,5-6,8,16H2,1-2H3;1H. The van der Waals surface area contributed by atoms with E-state index in [-0.39, 0.29) is 28.8 Å². The lowest BCUT2D eigenvalue weighted by molar-refractivity contribution is 0.155. The highest BCUT2D eigenvalue weighted by molar-refractivity contribution is 9.10. The van der Waals surface area contributed by atoms with Gasteiger partial charge in [0.15, 0.2) is 0 Å². The number of nitrogens with zero attached hydrogens (tertiary/aromatic N) is 1. The minimum atomic E-state index is -3.53. The monoisotopic (exact) mass is 416 g/mol. The summed E-state index contributed by atoms with van der Waals surface area (Å²) in [6, 6.07) is 4.72. The molecule has 0 aromatic heterocycles. The zero-order valence-corrected chi connectivity index (χ0v) is 15.8. The van der Waals surface area contributed by atoms with Gasteiger partial charge in [-0.1, -0.05) is 25.4 Å². The molecule has 1 heterocycles. The molecule has 8 heteroatoms. The third kappa shape index (κ3) is 3.92. The molecule has 0 aliphatic carbocycles. The molecule has 21 heavy (non-hydrogen) atoms. The van der Waals surface area contributed by atoms with E-state index in [0.717, 1.165) is 0 Å². The Morgan fingerprint density at radius 3 is 2.57 bits per heavy atom. The molecule has 120 valence electrons. The molecule has 1 unspecified atom stereocenters. The lowest BCUT2D eigenvalue weighted by Gasteiger charge is -2.41. The van der Waals surface area contributed by atoms with Crippen LogP contribution in [0.3, 0.4) is 0 Å². The van der Waals surface area contributed by atoms with Crippen molar-refractivity contribution >= 4 is 50.0 Å². The molecule has 4 nitrogen and oxygen atoms in total. The molecule has 0 radical (unpaired) electrons. The molecule has 1 aromatic carbocycles. The van der Waals surface area contributed by atoms with E-state index >= 15 is 0 Å². The molecule has 2 rings (SSSR count). The summed E-state index contributed by atoms with van der Waals surface area (Å²) in [7, 11) is -3.53. The Hall–Kier alpha value is 0.150. The number of hydrogen-bond acceptors (Lipinski definition) is 3. The maximum atomic E-state index is 12.7. The summed E-state index contributed by atoms with van der Waals surface area (Å²) in [5.41, 5.74) is 5.83. The summed E-state index contributed by atoms with van der Waals surface area (Å²) in [6.07, 6.45) is 0.664. The summed E-state index contributed by atoms with van der Waals surface area (Å²) in [5.74, 6) is 0. The van der Waals surface area contributed by atoms with Gasteiger partial charge in [0, 0.05) is 28.6 Å². The fourth-order valence-corrected chi connectivity index (χ4v) is 5.32. The zero-order chi connectivity index (χ0) is 15.1. The normalized spacial score (nSPS) is 22.6. The molecule has 0 spiro atoms. The molecule has 0 amide bonds. The minimum absolute atomic E-state index is 0. The van der Waals surface area contributed by atoms with Crippen molar-refractivity contribution in [2.45, 2.75) is 31.2 Å². The van der Waals surface area contributed by atoms with E-state index in [1.807, 2.05) is 13.8 Å². The second-order valence-electron chi connectivity index (χ2n) is 5.80. The van der Waals surface area contributed by atoms with Gasteiger partial charge < -0.3 is 5.73 Å². The van der Waals surface area contributed by atoms with Gasteiger partial charge in [0.2, 0.25) is 10.0 Å². The van der Waals surface area contributed by atoms with Crippen LogP contribution in [0.25, 0.3) is 0 Å². The van der Waals surface area contributed by atoms with Crippen molar-refractivity contribution in [2.75, 3.05) is 13.1 Å².